The van der Waals surface area contributed by atoms with E-state index in [1.54, 1.807) is 4.90 Å². The molecule has 0 spiro atoms. The van der Waals surface area contributed by atoms with Crippen LogP contribution >= 0.6 is 0 Å². The first-order valence-electron chi connectivity index (χ1n) is 3.96. The third-order valence-corrected chi connectivity index (χ3v) is 2.15. The van der Waals surface area contributed by atoms with Gasteiger partial charge in [-0.15, -0.1) is 0 Å². The number of carboxylic acids is 1. The number of primary amides is 1. The topological polar surface area (TPSA) is 104 Å². The summed E-state index contributed by atoms with van der Waals surface area (Å²) in [6, 6.07) is -0.408. The molecule has 1 fully saturated rings. The van der Waals surface area contributed by atoms with Crippen molar-refractivity contribution in [3.63, 3.8) is 0 Å². The second-order valence-corrected chi connectivity index (χ2v) is 3.06. The monoisotopic (exact) mass is 188 g/mol. The van der Waals surface area contributed by atoms with Gasteiger partial charge in [-0.05, 0) is 6.42 Å². The van der Waals surface area contributed by atoms with Gasteiger partial charge in [0, 0.05) is 13.1 Å². The highest BCUT2D eigenvalue weighted by Crippen LogP contribution is 2.16. The first kappa shape index (κ1) is 9.94. The number of hydrogen-bond acceptors (Lipinski definition) is 4. The molecule has 0 aromatic rings. The maximum Gasteiger partial charge on any atom is 0.333 e. The van der Waals surface area contributed by atoms with Gasteiger partial charge < -0.3 is 15.9 Å². The second kappa shape index (κ2) is 3.71. The molecule has 2 unspecified atom stereocenters. The number of carboxylic acid groups (broad SMARTS) is 1. The fourth-order valence-corrected chi connectivity index (χ4v) is 1.28. The molecule has 2 atom stereocenters. The third-order valence-electron chi connectivity index (χ3n) is 2.15. The molecule has 1 aliphatic heterocycles. The van der Waals surface area contributed by atoms with Gasteiger partial charge in [0.25, 0.3) is 0 Å². The summed E-state index contributed by atoms with van der Waals surface area (Å²) in [6.45, 7) is 0.570. The number of aliphatic carboxylic acids is 1. The second-order valence-electron chi connectivity index (χ2n) is 3.06. The molecular formula is C7H12N2O4. The number of β-amino-alcohol motifs (C(OH)–C–C–N with tert-alkyl or cyclic N) is 1. The molecule has 0 saturated carbocycles. The molecule has 0 bridgehead atoms. The van der Waals surface area contributed by atoms with E-state index in [-0.39, 0.29) is 6.54 Å². The van der Waals surface area contributed by atoms with Gasteiger partial charge in [0.1, 0.15) is 0 Å². The molecule has 1 amide bonds. The zero-order valence-corrected chi connectivity index (χ0v) is 7.01. The van der Waals surface area contributed by atoms with E-state index in [2.05, 4.69) is 0 Å². The average Bonchev–Trinajstić information content (AvgIpc) is 1.95. The summed E-state index contributed by atoms with van der Waals surface area (Å²) in [5.74, 6) is -1.75. The van der Waals surface area contributed by atoms with Crippen molar-refractivity contribution in [2.24, 2.45) is 5.73 Å². The predicted molar refractivity (Wildman–Crippen MR) is 42.8 cm³/mol. The van der Waals surface area contributed by atoms with E-state index in [0.717, 1.165) is 0 Å². The van der Waals surface area contributed by atoms with Crippen LogP contribution in [0.5, 0.6) is 0 Å². The van der Waals surface area contributed by atoms with E-state index >= 15 is 0 Å². The number of carbonyl (C=O) groups is 2. The fraction of sp³-hybridized carbons (Fsp3) is 0.714. The van der Waals surface area contributed by atoms with Gasteiger partial charge in [-0.2, -0.15) is 0 Å². The molecule has 1 heterocycles. The Hall–Kier alpha value is -1.14. The molecule has 13 heavy (non-hydrogen) atoms. The highest BCUT2D eigenvalue weighted by atomic mass is 16.4. The van der Waals surface area contributed by atoms with Gasteiger partial charge >= 0.3 is 5.97 Å². The smallest absolute Gasteiger partial charge is 0.333 e. The fourth-order valence-electron chi connectivity index (χ4n) is 1.28. The third kappa shape index (κ3) is 2.16. The average molecular weight is 188 g/mol. The molecule has 6 nitrogen and oxygen atoms in total. The standard InChI is InChI=1S/C7H12N2O4/c8-6(11)4-1-2-9(4)3-5(10)7(12)13/h4-5,10H,1-3H2,(H2,8,11)(H,12,13). The summed E-state index contributed by atoms with van der Waals surface area (Å²) in [7, 11) is 0. The normalized spacial score (nSPS) is 24.8. The van der Waals surface area contributed by atoms with Gasteiger partial charge in [0.05, 0.1) is 6.04 Å². The zero-order chi connectivity index (χ0) is 10.0. The van der Waals surface area contributed by atoms with Gasteiger partial charge in [-0.3, -0.25) is 9.69 Å². The molecule has 1 rings (SSSR count). The van der Waals surface area contributed by atoms with Crippen LogP contribution in [0.25, 0.3) is 0 Å². The van der Waals surface area contributed by atoms with Crippen LogP contribution in [0.2, 0.25) is 0 Å². The van der Waals surface area contributed by atoms with Crippen LogP contribution in [0.4, 0.5) is 0 Å². The van der Waals surface area contributed by atoms with E-state index in [0.29, 0.717) is 13.0 Å². The number of nitrogens with two attached hydrogens (primary N) is 1. The molecule has 0 aromatic heterocycles. The van der Waals surface area contributed by atoms with Crippen LogP contribution in [0.15, 0.2) is 0 Å². The SMILES string of the molecule is NC(=O)C1CCN1CC(O)C(=O)O. The van der Waals surface area contributed by atoms with E-state index < -0.39 is 24.0 Å². The van der Waals surface area contributed by atoms with Crippen LogP contribution < -0.4 is 5.73 Å². The Bertz CT molecular complexity index is 231. The van der Waals surface area contributed by atoms with Gasteiger partial charge in [0.15, 0.2) is 6.10 Å². The minimum Gasteiger partial charge on any atom is -0.479 e. The van der Waals surface area contributed by atoms with Crippen molar-refractivity contribution in [1.82, 2.24) is 4.90 Å². The van der Waals surface area contributed by atoms with Crippen molar-refractivity contribution in [2.75, 3.05) is 13.1 Å². The lowest BCUT2D eigenvalue weighted by atomic mass is 10.0. The van der Waals surface area contributed by atoms with Crippen LogP contribution in [-0.2, 0) is 9.59 Å². The van der Waals surface area contributed by atoms with Crippen LogP contribution in [0, 0.1) is 0 Å². The van der Waals surface area contributed by atoms with E-state index in [9.17, 15) is 9.59 Å². The van der Waals surface area contributed by atoms with Crippen LogP contribution in [0.3, 0.4) is 0 Å². The molecule has 0 radical (unpaired) electrons. The molecule has 6 heteroatoms. The number of hydrogen-bond donors (Lipinski definition) is 3. The van der Waals surface area contributed by atoms with Crippen molar-refractivity contribution in [3.8, 4) is 0 Å². The minimum atomic E-state index is -1.44. The van der Waals surface area contributed by atoms with E-state index in [1.807, 2.05) is 0 Å². The minimum absolute atomic E-state index is 0.0387. The predicted octanol–water partition coefficient (Wildman–Crippen LogP) is -2.01. The van der Waals surface area contributed by atoms with E-state index in [1.165, 1.54) is 0 Å². The van der Waals surface area contributed by atoms with Crippen LogP contribution in [-0.4, -0.2) is 52.2 Å². The number of likely N-dealkylation sites (tertiary alicyclic amines) is 1. The van der Waals surface area contributed by atoms with Gasteiger partial charge in [0.2, 0.25) is 5.91 Å². The van der Waals surface area contributed by atoms with Crippen molar-refractivity contribution in [1.29, 1.82) is 0 Å². The Kier molecular flexibility index (Phi) is 2.84. The van der Waals surface area contributed by atoms with Crippen LogP contribution in [0.1, 0.15) is 6.42 Å². The molecule has 74 valence electrons. The summed E-state index contributed by atoms with van der Waals surface area (Å²) >= 11 is 0. The number of aliphatic hydroxyl groups excluding tert-OH is 1. The first-order valence-corrected chi connectivity index (χ1v) is 3.96. The number of carbonyl (C=O) groups excluding carboxylic acids is 1. The summed E-state index contributed by atoms with van der Waals surface area (Å²) in [5.41, 5.74) is 5.03. The maximum absolute atomic E-state index is 10.7. The molecule has 0 aromatic carbocycles. The Balaban J connectivity index is 2.38. The summed E-state index contributed by atoms with van der Waals surface area (Å²) in [4.78, 5) is 22.5. The quantitative estimate of drug-likeness (QED) is 0.473. The number of rotatable bonds is 4. The summed E-state index contributed by atoms with van der Waals surface area (Å²) < 4.78 is 0. The number of aliphatic hydroxyl groups is 1. The maximum atomic E-state index is 10.7. The molecule has 4 N–H and O–H groups in total. The Morgan fingerprint density at radius 1 is 1.62 bits per heavy atom. The Labute approximate surface area is 74.9 Å². The number of amides is 1. The molecule has 0 aliphatic carbocycles. The van der Waals surface area contributed by atoms with Crippen molar-refractivity contribution >= 4 is 11.9 Å². The van der Waals surface area contributed by atoms with Crippen molar-refractivity contribution in [2.45, 2.75) is 18.6 Å². The largest absolute Gasteiger partial charge is 0.479 e. The first-order chi connectivity index (χ1) is 6.02. The summed E-state index contributed by atoms with van der Waals surface area (Å²) in [5, 5.41) is 17.4. The highest BCUT2D eigenvalue weighted by Gasteiger charge is 2.34. The number of nitrogens with zero attached hydrogens (tertiary/aromatic N) is 1. The summed E-state index contributed by atoms with van der Waals surface area (Å²) in [6.07, 6.45) is -0.802. The lowest BCUT2D eigenvalue weighted by Crippen LogP contribution is -2.57. The zero-order valence-electron chi connectivity index (χ0n) is 7.01. The Morgan fingerprint density at radius 2 is 2.23 bits per heavy atom. The van der Waals surface area contributed by atoms with Crippen molar-refractivity contribution < 1.29 is 19.8 Å². The molecule has 1 aliphatic rings. The highest BCUT2D eigenvalue weighted by molar-refractivity contribution is 5.81. The van der Waals surface area contributed by atoms with Crippen molar-refractivity contribution in [3.05, 3.63) is 0 Å². The van der Waals surface area contributed by atoms with Gasteiger partial charge in [-0.25, -0.2) is 4.79 Å². The molecule has 1 saturated heterocycles. The molecular weight excluding hydrogens is 176 g/mol. The Morgan fingerprint density at radius 3 is 2.54 bits per heavy atom. The lowest BCUT2D eigenvalue weighted by Gasteiger charge is -2.39. The lowest BCUT2D eigenvalue weighted by molar-refractivity contribution is -0.150. The van der Waals surface area contributed by atoms with E-state index in [4.69, 9.17) is 15.9 Å². The van der Waals surface area contributed by atoms with Gasteiger partial charge in [-0.1, -0.05) is 0 Å².